The molecule has 6 nitrogen and oxygen atoms in total. The van der Waals surface area contributed by atoms with Gasteiger partial charge < -0.3 is 19.9 Å². The first-order valence-corrected chi connectivity index (χ1v) is 11.4. The Hall–Kier alpha value is -2.41. The molecular weight excluding hydrogens is 397 g/mol. The number of fused-ring (bicyclic) bond motifs is 3. The summed E-state index contributed by atoms with van der Waals surface area (Å²) in [5.41, 5.74) is 3.24. The first-order chi connectivity index (χ1) is 14.8. The van der Waals surface area contributed by atoms with Crippen molar-refractivity contribution in [1.29, 1.82) is 0 Å². The van der Waals surface area contributed by atoms with E-state index in [2.05, 4.69) is 9.88 Å². The van der Waals surface area contributed by atoms with Crippen molar-refractivity contribution in [1.82, 2.24) is 14.8 Å². The first kappa shape index (κ1) is 21.8. The van der Waals surface area contributed by atoms with Crippen molar-refractivity contribution in [2.45, 2.75) is 71.1 Å². The average molecular weight is 430 g/mol. The number of amides is 2. The summed E-state index contributed by atoms with van der Waals surface area (Å²) in [6.45, 7) is 4.82. The number of hydrogen-bond acceptors (Lipinski definition) is 3. The summed E-state index contributed by atoms with van der Waals surface area (Å²) in [5.74, 6) is -0.481. The predicted molar refractivity (Wildman–Crippen MR) is 117 cm³/mol. The largest absolute Gasteiger partial charge is 0.391 e. The Morgan fingerprint density at radius 3 is 2.71 bits per heavy atom. The zero-order valence-electron chi connectivity index (χ0n) is 18.4. The monoisotopic (exact) mass is 429 g/mol. The van der Waals surface area contributed by atoms with Gasteiger partial charge in [0, 0.05) is 35.6 Å². The zero-order valence-corrected chi connectivity index (χ0v) is 18.4. The van der Waals surface area contributed by atoms with Crippen LogP contribution in [0.5, 0.6) is 0 Å². The highest BCUT2D eigenvalue weighted by molar-refractivity contribution is 5.88. The van der Waals surface area contributed by atoms with E-state index in [1.165, 1.54) is 11.6 Å². The van der Waals surface area contributed by atoms with Crippen LogP contribution < -0.4 is 5.32 Å². The zero-order chi connectivity index (χ0) is 22.1. The summed E-state index contributed by atoms with van der Waals surface area (Å²) in [7, 11) is 0. The summed E-state index contributed by atoms with van der Waals surface area (Å²) >= 11 is 0. The molecule has 1 fully saturated rings. The van der Waals surface area contributed by atoms with Crippen molar-refractivity contribution in [2.75, 3.05) is 13.1 Å². The molecule has 7 heteroatoms. The van der Waals surface area contributed by atoms with Crippen molar-refractivity contribution in [3.05, 3.63) is 35.3 Å². The van der Waals surface area contributed by atoms with Gasteiger partial charge in [0.2, 0.25) is 11.8 Å². The van der Waals surface area contributed by atoms with Crippen LogP contribution in [0, 0.1) is 11.7 Å². The molecule has 1 aromatic carbocycles. The topological polar surface area (TPSA) is 74.6 Å². The summed E-state index contributed by atoms with van der Waals surface area (Å²) in [6, 6.07) is 4.49. The minimum atomic E-state index is -0.663. The number of aryl methyl sites for hydroxylation is 1. The molecule has 2 aliphatic rings. The molecule has 0 spiro atoms. The molecular formula is C24H32FN3O3. The highest BCUT2D eigenvalue weighted by atomic mass is 19.1. The third kappa shape index (κ3) is 4.47. The Morgan fingerprint density at radius 2 is 1.94 bits per heavy atom. The van der Waals surface area contributed by atoms with Crippen LogP contribution >= 0.6 is 0 Å². The van der Waals surface area contributed by atoms with Crippen LogP contribution in [-0.2, 0) is 29.0 Å². The Kier molecular flexibility index (Phi) is 6.32. The van der Waals surface area contributed by atoms with Crippen LogP contribution in [0.15, 0.2) is 18.2 Å². The molecule has 1 aliphatic carbocycles. The van der Waals surface area contributed by atoms with E-state index in [1.807, 2.05) is 13.8 Å². The SMILES string of the molecule is CC(C)C(=O)N[C@H]1CCN(C(=O)Cn2c3c(c4cc(F)ccc42)CCCC3)CC[C@@H]1O. The molecule has 168 valence electrons. The van der Waals surface area contributed by atoms with Gasteiger partial charge in [0.1, 0.15) is 12.4 Å². The van der Waals surface area contributed by atoms with Crippen LogP contribution in [0.3, 0.4) is 0 Å². The molecule has 31 heavy (non-hydrogen) atoms. The smallest absolute Gasteiger partial charge is 0.242 e. The van der Waals surface area contributed by atoms with Crippen LogP contribution in [0.2, 0.25) is 0 Å². The van der Waals surface area contributed by atoms with Gasteiger partial charge in [-0.3, -0.25) is 9.59 Å². The molecule has 2 amide bonds. The van der Waals surface area contributed by atoms with E-state index in [1.54, 1.807) is 17.0 Å². The molecule has 2 N–H and O–H groups in total. The summed E-state index contributed by atoms with van der Waals surface area (Å²) in [5, 5.41) is 14.3. The van der Waals surface area contributed by atoms with E-state index in [0.29, 0.717) is 25.9 Å². The molecule has 0 radical (unpaired) electrons. The molecule has 2 atom stereocenters. The van der Waals surface area contributed by atoms with E-state index >= 15 is 0 Å². The van der Waals surface area contributed by atoms with Crippen molar-refractivity contribution in [2.24, 2.45) is 5.92 Å². The number of likely N-dealkylation sites (tertiary alicyclic amines) is 1. The maximum absolute atomic E-state index is 13.9. The highest BCUT2D eigenvalue weighted by Crippen LogP contribution is 2.33. The van der Waals surface area contributed by atoms with Crippen LogP contribution in [0.4, 0.5) is 4.39 Å². The highest BCUT2D eigenvalue weighted by Gasteiger charge is 2.29. The predicted octanol–water partition coefficient (Wildman–Crippen LogP) is 2.78. The Morgan fingerprint density at radius 1 is 1.19 bits per heavy atom. The molecule has 2 aromatic rings. The molecule has 2 heterocycles. The van der Waals surface area contributed by atoms with E-state index in [9.17, 15) is 19.1 Å². The number of nitrogens with one attached hydrogen (secondary N) is 1. The van der Waals surface area contributed by atoms with Gasteiger partial charge in [0.05, 0.1) is 12.1 Å². The normalized spacial score (nSPS) is 21.8. The van der Waals surface area contributed by atoms with Crippen molar-refractivity contribution in [3.8, 4) is 0 Å². The number of benzene rings is 1. The molecule has 1 aliphatic heterocycles. The lowest BCUT2D eigenvalue weighted by molar-refractivity contribution is -0.131. The van der Waals surface area contributed by atoms with Gasteiger partial charge in [-0.15, -0.1) is 0 Å². The van der Waals surface area contributed by atoms with Crippen molar-refractivity contribution < 1.29 is 19.1 Å². The molecule has 0 saturated carbocycles. The minimum absolute atomic E-state index is 0.00219. The van der Waals surface area contributed by atoms with Crippen LogP contribution in [0.25, 0.3) is 10.9 Å². The standard InChI is InChI=1S/C24H32FN3O3/c1-15(2)24(31)26-19-9-11-27(12-10-22(19)29)23(30)14-28-20-6-4-3-5-17(20)18-13-16(25)7-8-21(18)28/h7-8,13,15,19,22,29H,3-6,9-12,14H2,1-2H3,(H,26,31)/t19-,22-/m0/s1. The fourth-order valence-corrected chi connectivity index (χ4v) is 4.88. The van der Waals surface area contributed by atoms with E-state index < -0.39 is 6.10 Å². The fourth-order valence-electron chi connectivity index (χ4n) is 4.88. The Bertz CT molecular complexity index is 984. The van der Waals surface area contributed by atoms with Crippen LogP contribution in [-0.4, -0.2) is 51.6 Å². The lowest BCUT2D eigenvalue weighted by Gasteiger charge is -2.23. The van der Waals surface area contributed by atoms with Gasteiger partial charge in [-0.25, -0.2) is 4.39 Å². The fraction of sp³-hybridized carbons (Fsp3) is 0.583. The van der Waals surface area contributed by atoms with Crippen molar-refractivity contribution in [3.63, 3.8) is 0 Å². The maximum Gasteiger partial charge on any atom is 0.242 e. The van der Waals surface area contributed by atoms with E-state index in [0.717, 1.165) is 42.3 Å². The van der Waals surface area contributed by atoms with E-state index in [4.69, 9.17) is 0 Å². The second-order valence-corrected chi connectivity index (χ2v) is 9.18. The Balaban J connectivity index is 1.51. The molecule has 0 bridgehead atoms. The lowest BCUT2D eigenvalue weighted by Crippen LogP contribution is -2.44. The third-order valence-electron chi connectivity index (χ3n) is 6.71. The van der Waals surface area contributed by atoms with Gasteiger partial charge in [0.15, 0.2) is 0 Å². The number of nitrogens with zero attached hydrogens (tertiary/aromatic N) is 2. The van der Waals surface area contributed by atoms with Gasteiger partial charge in [-0.1, -0.05) is 13.8 Å². The first-order valence-electron chi connectivity index (χ1n) is 11.4. The third-order valence-corrected chi connectivity index (χ3v) is 6.71. The maximum atomic E-state index is 13.9. The molecule has 1 saturated heterocycles. The number of carbonyl (C=O) groups excluding carboxylic acids is 2. The number of halogens is 1. The van der Waals surface area contributed by atoms with Gasteiger partial charge in [0.25, 0.3) is 0 Å². The number of aliphatic hydroxyl groups is 1. The molecule has 4 rings (SSSR count). The lowest BCUT2D eigenvalue weighted by atomic mass is 9.95. The second kappa shape index (κ2) is 8.99. The van der Waals surface area contributed by atoms with Gasteiger partial charge >= 0.3 is 0 Å². The van der Waals surface area contributed by atoms with Crippen LogP contribution in [0.1, 0.15) is 50.8 Å². The second-order valence-electron chi connectivity index (χ2n) is 9.18. The summed E-state index contributed by atoms with van der Waals surface area (Å²) < 4.78 is 16.0. The number of aromatic nitrogens is 1. The Labute approximate surface area is 182 Å². The van der Waals surface area contributed by atoms with Gasteiger partial charge in [-0.05, 0) is 62.3 Å². The summed E-state index contributed by atoms with van der Waals surface area (Å²) in [4.78, 5) is 27.1. The minimum Gasteiger partial charge on any atom is -0.391 e. The molecule has 1 aromatic heterocycles. The average Bonchev–Trinajstić information content (AvgIpc) is 2.92. The van der Waals surface area contributed by atoms with Gasteiger partial charge in [-0.2, -0.15) is 0 Å². The molecule has 0 unspecified atom stereocenters. The number of rotatable bonds is 4. The van der Waals surface area contributed by atoms with Crippen molar-refractivity contribution >= 4 is 22.7 Å². The quantitative estimate of drug-likeness (QED) is 0.785. The number of carbonyl (C=O) groups is 2. The number of aliphatic hydroxyl groups excluding tert-OH is 1. The van der Waals surface area contributed by atoms with E-state index in [-0.39, 0.29) is 36.1 Å². The number of hydrogen-bond donors (Lipinski definition) is 2. The summed E-state index contributed by atoms with van der Waals surface area (Å²) in [6.07, 6.45) is 4.29.